The highest BCUT2D eigenvalue weighted by molar-refractivity contribution is 7.90. The fourth-order valence-corrected chi connectivity index (χ4v) is 4.13. The Morgan fingerprint density at radius 1 is 1.10 bits per heavy atom. The van der Waals surface area contributed by atoms with E-state index < -0.39 is 34.3 Å². The zero-order valence-electron chi connectivity index (χ0n) is 16.4. The number of thiophene rings is 1. The molecule has 0 saturated carbocycles. The van der Waals surface area contributed by atoms with Gasteiger partial charge in [0.1, 0.15) is 5.00 Å². The molecule has 2 aromatic rings. The number of amides is 1. The summed E-state index contributed by atoms with van der Waals surface area (Å²) in [6.07, 6.45) is 1.02. The molecule has 0 aliphatic carbocycles. The summed E-state index contributed by atoms with van der Waals surface area (Å²) in [5.74, 6) is -2.02. The van der Waals surface area contributed by atoms with Crippen LogP contribution in [-0.4, -0.2) is 45.7 Å². The van der Waals surface area contributed by atoms with E-state index in [9.17, 15) is 22.8 Å². The minimum Gasteiger partial charge on any atom is -0.462 e. The Labute approximate surface area is 172 Å². The van der Waals surface area contributed by atoms with Gasteiger partial charge in [-0.05, 0) is 44.5 Å². The predicted molar refractivity (Wildman–Crippen MR) is 108 cm³/mol. The zero-order valence-corrected chi connectivity index (χ0v) is 18.0. The molecule has 156 valence electrons. The molecule has 0 spiro atoms. The molecule has 1 aromatic carbocycles. The van der Waals surface area contributed by atoms with E-state index in [2.05, 4.69) is 5.32 Å². The summed E-state index contributed by atoms with van der Waals surface area (Å²) in [4.78, 5) is 37.3. The number of carbonyl (C=O) groups excluding carboxylic acids is 3. The van der Waals surface area contributed by atoms with Crippen LogP contribution in [0.25, 0.3) is 0 Å². The van der Waals surface area contributed by atoms with E-state index in [1.807, 2.05) is 6.92 Å². The fraction of sp³-hybridized carbons (Fsp3) is 0.316. The molecular weight excluding hydrogens is 418 g/mol. The largest absolute Gasteiger partial charge is 0.462 e. The van der Waals surface area contributed by atoms with Crippen LogP contribution < -0.4 is 5.32 Å². The third-order valence-electron chi connectivity index (χ3n) is 3.95. The maximum Gasteiger partial charge on any atom is 0.341 e. The number of nitrogens with one attached hydrogen (secondary N) is 1. The second-order valence-electron chi connectivity index (χ2n) is 6.13. The molecule has 1 heterocycles. The quantitative estimate of drug-likeness (QED) is 0.660. The van der Waals surface area contributed by atoms with Crippen LogP contribution in [0.2, 0.25) is 0 Å². The molecule has 2 rings (SSSR count). The monoisotopic (exact) mass is 439 g/mol. The summed E-state index contributed by atoms with van der Waals surface area (Å²) in [6, 6.07) is 5.34. The highest BCUT2D eigenvalue weighted by Gasteiger charge is 2.22. The van der Waals surface area contributed by atoms with Crippen LogP contribution in [0.1, 0.15) is 38.1 Å². The van der Waals surface area contributed by atoms with Gasteiger partial charge in [-0.15, -0.1) is 11.3 Å². The lowest BCUT2D eigenvalue weighted by Gasteiger charge is -2.08. The number of ether oxygens (including phenoxy) is 2. The Balaban J connectivity index is 2.07. The lowest BCUT2D eigenvalue weighted by atomic mass is 10.1. The van der Waals surface area contributed by atoms with Gasteiger partial charge in [0.25, 0.3) is 5.91 Å². The minimum absolute atomic E-state index is 0.00995. The second kappa shape index (κ2) is 9.19. The molecular formula is C19H21NO7S2. The van der Waals surface area contributed by atoms with Crippen LogP contribution in [0.4, 0.5) is 5.00 Å². The predicted octanol–water partition coefficient (Wildman–Crippen LogP) is 2.74. The molecule has 0 atom stereocenters. The number of rotatable bonds is 7. The number of esters is 2. The molecule has 0 fully saturated rings. The van der Waals surface area contributed by atoms with E-state index >= 15 is 0 Å². The average molecular weight is 440 g/mol. The summed E-state index contributed by atoms with van der Waals surface area (Å²) in [5.41, 5.74) is 0.990. The normalized spacial score (nSPS) is 11.0. The van der Waals surface area contributed by atoms with Crippen molar-refractivity contribution in [2.45, 2.75) is 25.7 Å². The molecule has 0 bridgehead atoms. The second-order valence-corrected chi connectivity index (χ2v) is 9.37. The van der Waals surface area contributed by atoms with E-state index in [0.717, 1.165) is 11.1 Å². The number of hydrogen-bond donors (Lipinski definition) is 1. The first kappa shape index (κ1) is 22.6. The van der Waals surface area contributed by atoms with Gasteiger partial charge in [0.05, 0.1) is 22.6 Å². The highest BCUT2D eigenvalue weighted by atomic mass is 32.2. The van der Waals surface area contributed by atoms with Crippen LogP contribution in [0.3, 0.4) is 0 Å². The van der Waals surface area contributed by atoms with Gasteiger partial charge in [0.15, 0.2) is 16.4 Å². The third kappa shape index (κ3) is 5.64. The Morgan fingerprint density at radius 2 is 1.79 bits per heavy atom. The molecule has 1 N–H and O–H groups in total. The number of anilines is 1. The van der Waals surface area contributed by atoms with Crippen LogP contribution in [0.15, 0.2) is 29.2 Å². The Hall–Kier alpha value is -2.72. The first-order chi connectivity index (χ1) is 13.5. The molecule has 0 aliphatic heterocycles. The van der Waals surface area contributed by atoms with Gasteiger partial charge in [-0.25, -0.2) is 18.0 Å². The molecule has 0 saturated heterocycles. The van der Waals surface area contributed by atoms with Crippen molar-refractivity contribution < 1.29 is 32.3 Å². The molecule has 29 heavy (non-hydrogen) atoms. The van der Waals surface area contributed by atoms with Crippen molar-refractivity contribution in [2.24, 2.45) is 0 Å². The van der Waals surface area contributed by atoms with Crippen molar-refractivity contribution in [3.63, 3.8) is 0 Å². The summed E-state index contributed by atoms with van der Waals surface area (Å²) < 4.78 is 33.2. The summed E-state index contributed by atoms with van der Waals surface area (Å²) in [6.45, 7) is 4.85. The molecule has 8 nitrogen and oxygen atoms in total. The first-order valence-corrected chi connectivity index (χ1v) is 11.3. The van der Waals surface area contributed by atoms with Crippen molar-refractivity contribution in [1.82, 2.24) is 0 Å². The minimum atomic E-state index is -3.48. The van der Waals surface area contributed by atoms with Gasteiger partial charge < -0.3 is 14.8 Å². The molecule has 0 aliphatic rings. The van der Waals surface area contributed by atoms with Crippen molar-refractivity contribution in [2.75, 3.05) is 24.8 Å². The molecule has 0 radical (unpaired) electrons. The topological polar surface area (TPSA) is 116 Å². The maximum absolute atomic E-state index is 12.2. The van der Waals surface area contributed by atoms with E-state index in [1.165, 1.54) is 35.6 Å². The number of sulfone groups is 1. The van der Waals surface area contributed by atoms with E-state index in [0.29, 0.717) is 10.6 Å². The number of benzene rings is 1. The van der Waals surface area contributed by atoms with Crippen molar-refractivity contribution in [3.8, 4) is 0 Å². The SMILES string of the molecule is CCOC(=O)c1c(NC(=O)COC(=O)c2cccc(S(C)(=O)=O)c2)sc(C)c1C. The lowest BCUT2D eigenvalue weighted by molar-refractivity contribution is -0.119. The van der Waals surface area contributed by atoms with Gasteiger partial charge >= 0.3 is 11.9 Å². The standard InChI is InChI=1S/C19H21NO7S2/c1-5-26-19(23)16-11(2)12(3)28-17(16)20-15(21)10-27-18(22)13-7-6-8-14(9-13)29(4,24)25/h6-9H,5,10H2,1-4H3,(H,20,21). The average Bonchev–Trinajstić information content (AvgIpc) is 2.92. The number of aryl methyl sites for hydroxylation is 1. The fourth-order valence-electron chi connectivity index (χ4n) is 2.39. The van der Waals surface area contributed by atoms with Crippen molar-refractivity contribution in [1.29, 1.82) is 0 Å². The molecule has 1 aromatic heterocycles. The zero-order chi connectivity index (χ0) is 21.8. The summed E-state index contributed by atoms with van der Waals surface area (Å²) in [7, 11) is -3.48. The smallest absolute Gasteiger partial charge is 0.341 e. The van der Waals surface area contributed by atoms with E-state index in [-0.39, 0.29) is 22.6 Å². The van der Waals surface area contributed by atoms with Crippen LogP contribution in [-0.2, 0) is 24.1 Å². The van der Waals surface area contributed by atoms with Crippen molar-refractivity contribution >= 4 is 44.0 Å². The van der Waals surface area contributed by atoms with E-state index in [1.54, 1.807) is 13.8 Å². The third-order valence-corrected chi connectivity index (χ3v) is 6.18. The van der Waals surface area contributed by atoms with Gasteiger partial charge in [0, 0.05) is 11.1 Å². The molecule has 10 heteroatoms. The summed E-state index contributed by atoms with van der Waals surface area (Å²) in [5, 5.41) is 2.88. The summed E-state index contributed by atoms with van der Waals surface area (Å²) >= 11 is 1.22. The lowest BCUT2D eigenvalue weighted by Crippen LogP contribution is -2.22. The van der Waals surface area contributed by atoms with Crippen molar-refractivity contribution in [3.05, 3.63) is 45.8 Å². The van der Waals surface area contributed by atoms with Gasteiger partial charge in [0.2, 0.25) is 0 Å². The van der Waals surface area contributed by atoms with Gasteiger partial charge in [-0.3, -0.25) is 4.79 Å². The van der Waals surface area contributed by atoms with E-state index in [4.69, 9.17) is 9.47 Å². The first-order valence-electron chi connectivity index (χ1n) is 8.58. The Kier molecular flexibility index (Phi) is 7.15. The van der Waals surface area contributed by atoms with Crippen LogP contribution >= 0.6 is 11.3 Å². The number of carbonyl (C=O) groups is 3. The van der Waals surface area contributed by atoms with Crippen LogP contribution in [0, 0.1) is 13.8 Å². The Morgan fingerprint density at radius 3 is 2.41 bits per heavy atom. The van der Waals surface area contributed by atoms with Gasteiger partial charge in [-0.2, -0.15) is 0 Å². The molecule has 1 amide bonds. The number of hydrogen-bond acceptors (Lipinski definition) is 8. The van der Waals surface area contributed by atoms with Crippen LogP contribution in [0.5, 0.6) is 0 Å². The Bertz CT molecular complexity index is 1050. The maximum atomic E-state index is 12.2. The van der Waals surface area contributed by atoms with Gasteiger partial charge in [-0.1, -0.05) is 6.07 Å². The molecule has 0 unspecified atom stereocenters. The highest BCUT2D eigenvalue weighted by Crippen LogP contribution is 2.33.